The van der Waals surface area contributed by atoms with Crippen LogP contribution in [0, 0.1) is 5.82 Å². The summed E-state index contributed by atoms with van der Waals surface area (Å²) in [6.45, 7) is 3.32. The Balaban J connectivity index is 1.54. The lowest BCUT2D eigenvalue weighted by atomic mass is 10.0. The second kappa shape index (κ2) is 8.45. The first kappa shape index (κ1) is 18.6. The highest BCUT2D eigenvalue weighted by Crippen LogP contribution is 2.28. The molecule has 1 atom stereocenters. The molecule has 1 aromatic carbocycles. The molecule has 1 fully saturated rings. The number of nitrogens with one attached hydrogen (secondary N) is 1. The van der Waals surface area contributed by atoms with Crippen molar-refractivity contribution in [2.75, 3.05) is 32.1 Å². The molecule has 7 heteroatoms. The molecular weight excluding hydrogens is 359 g/mol. The molecule has 1 aliphatic heterocycles. The third-order valence-corrected chi connectivity index (χ3v) is 6.08. The van der Waals surface area contributed by atoms with Gasteiger partial charge >= 0.3 is 0 Å². The number of likely N-dealkylation sites (tertiary alicyclic amines) is 1. The van der Waals surface area contributed by atoms with Crippen molar-refractivity contribution in [3.8, 4) is 0 Å². The summed E-state index contributed by atoms with van der Waals surface area (Å²) in [4.78, 5) is 9.73. The highest BCUT2D eigenvalue weighted by Gasteiger charge is 2.21. The van der Waals surface area contributed by atoms with E-state index >= 15 is 0 Å². The van der Waals surface area contributed by atoms with Gasteiger partial charge in [-0.2, -0.15) is 0 Å². The maximum Gasteiger partial charge on any atom is 0.186 e. The van der Waals surface area contributed by atoms with E-state index in [4.69, 9.17) is 11.6 Å². The fourth-order valence-electron chi connectivity index (χ4n) is 3.09. The van der Waals surface area contributed by atoms with Crippen LogP contribution >= 0.6 is 22.9 Å². The molecule has 1 N–H and O–H groups in total. The molecule has 1 saturated heterocycles. The van der Waals surface area contributed by atoms with Crippen LogP contribution in [0.5, 0.6) is 0 Å². The Kier molecular flexibility index (Phi) is 6.28. The maximum absolute atomic E-state index is 13.9. The number of halogens is 2. The van der Waals surface area contributed by atoms with Crippen LogP contribution in [0.25, 0.3) is 0 Å². The Hall–Kier alpha value is -1.21. The number of hydrogen-bond acceptors (Lipinski definition) is 5. The van der Waals surface area contributed by atoms with E-state index in [0.29, 0.717) is 17.7 Å². The van der Waals surface area contributed by atoms with Gasteiger partial charge < -0.3 is 10.2 Å². The van der Waals surface area contributed by atoms with E-state index in [-0.39, 0.29) is 5.82 Å². The van der Waals surface area contributed by atoms with Gasteiger partial charge in [-0.25, -0.2) is 9.37 Å². The lowest BCUT2D eigenvalue weighted by Gasteiger charge is -2.33. The molecule has 0 saturated carbocycles. The zero-order valence-electron chi connectivity index (χ0n) is 14.6. The number of benzene rings is 1. The average molecular weight is 383 g/mol. The summed E-state index contributed by atoms with van der Waals surface area (Å²) in [5.41, 5.74) is 0.768. The third kappa shape index (κ3) is 4.91. The molecule has 2 heterocycles. The summed E-state index contributed by atoms with van der Waals surface area (Å²) in [5, 5.41) is 5.10. The smallest absolute Gasteiger partial charge is 0.186 e. The van der Waals surface area contributed by atoms with E-state index in [0.717, 1.165) is 48.0 Å². The Morgan fingerprint density at radius 1 is 1.40 bits per heavy atom. The third-order valence-electron chi connectivity index (χ3n) is 4.43. The van der Waals surface area contributed by atoms with E-state index in [1.165, 1.54) is 6.07 Å². The standard InChI is InChI=1S/C18H24ClFN4S/c1-23(2)18-22-17(19)16(25-18)10-21-14-7-5-9-24(12-14)11-13-6-3-4-8-15(13)20/h3-4,6,8,14,21H,5,7,9-12H2,1-2H3/t14-/m1/s1. The van der Waals surface area contributed by atoms with E-state index in [1.807, 2.05) is 31.1 Å². The van der Waals surface area contributed by atoms with Gasteiger partial charge in [0.15, 0.2) is 5.13 Å². The molecule has 25 heavy (non-hydrogen) atoms. The number of anilines is 1. The first-order valence-corrected chi connectivity index (χ1v) is 9.74. The summed E-state index contributed by atoms with van der Waals surface area (Å²) in [7, 11) is 3.93. The summed E-state index contributed by atoms with van der Waals surface area (Å²) >= 11 is 7.86. The van der Waals surface area contributed by atoms with Crippen LogP contribution in [-0.2, 0) is 13.1 Å². The van der Waals surface area contributed by atoms with E-state index in [1.54, 1.807) is 17.4 Å². The van der Waals surface area contributed by atoms with Gasteiger partial charge in [-0.3, -0.25) is 4.90 Å². The minimum Gasteiger partial charge on any atom is -0.354 e. The summed E-state index contributed by atoms with van der Waals surface area (Å²) in [6.07, 6.45) is 2.25. The molecule has 0 aliphatic carbocycles. The van der Waals surface area contributed by atoms with Gasteiger partial charge in [0.25, 0.3) is 0 Å². The average Bonchev–Trinajstić information content (AvgIpc) is 2.97. The zero-order valence-corrected chi connectivity index (χ0v) is 16.2. The molecule has 2 aromatic rings. The number of piperidine rings is 1. The van der Waals surface area contributed by atoms with Crippen molar-refractivity contribution >= 4 is 28.1 Å². The minimum atomic E-state index is -0.120. The number of hydrogen-bond donors (Lipinski definition) is 1. The second-order valence-electron chi connectivity index (χ2n) is 6.65. The number of aromatic nitrogens is 1. The van der Waals surface area contributed by atoms with Gasteiger partial charge in [-0.05, 0) is 25.5 Å². The van der Waals surface area contributed by atoms with Crippen LogP contribution in [0.1, 0.15) is 23.3 Å². The molecule has 0 radical (unpaired) electrons. The maximum atomic E-state index is 13.9. The largest absolute Gasteiger partial charge is 0.354 e. The van der Waals surface area contributed by atoms with Crippen molar-refractivity contribution in [3.63, 3.8) is 0 Å². The molecule has 0 amide bonds. The first-order chi connectivity index (χ1) is 12.0. The van der Waals surface area contributed by atoms with Gasteiger partial charge in [-0.15, -0.1) is 0 Å². The molecular formula is C18H24ClFN4S. The molecule has 1 aromatic heterocycles. The molecule has 0 bridgehead atoms. The van der Waals surface area contributed by atoms with Crippen LogP contribution in [0.15, 0.2) is 24.3 Å². The van der Waals surface area contributed by atoms with Crippen LogP contribution in [0.4, 0.5) is 9.52 Å². The molecule has 0 spiro atoms. The normalized spacial score (nSPS) is 18.5. The van der Waals surface area contributed by atoms with Gasteiger partial charge in [0.05, 0.1) is 4.88 Å². The predicted molar refractivity (Wildman–Crippen MR) is 103 cm³/mol. The van der Waals surface area contributed by atoms with Crippen LogP contribution in [-0.4, -0.2) is 43.1 Å². The lowest BCUT2D eigenvalue weighted by Crippen LogP contribution is -2.45. The van der Waals surface area contributed by atoms with E-state index in [9.17, 15) is 4.39 Å². The fraction of sp³-hybridized carbons (Fsp3) is 0.500. The summed E-state index contributed by atoms with van der Waals surface area (Å²) < 4.78 is 13.9. The number of nitrogens with zero attached hydrogens (tertiary/aromatic N) is 3. The Labute approximate surface area is 157 Å². The van der Waals surface area contributed by atoms with Crippen molar-refractivity contribution in [1.29, 1.82) is 0 Å². The summed E-state index contributed by atoms with van der Waals surface area (Å²) in [6, 6.07) is 7.42. The topological polar surface area (TPSA) is 31.4 Å². The van der Waals surface area contributed by atoms with Crippen LogP contribution in [0.3, 0.4) is 0 Å². The van der Waals surface area contributed by atoms with Gasteiger partial charge in [-0.1, -0.05) is 41.1 Å². The number of rotatable bonds is 6. The highest BCUT2D eigenvalue weighted by atomic mass is 35.5. The number of thiazole rings is 1. The first-order valence-electron chi connectivity index (χ1n) is 8.54. The molecule has 4 nitrogen and oxygen atoms in total. The lowest BCUT2D eigenvalue weighted by molar-refractivity contribution is 0.181. The Morgan fingerprint density at radius 3 is 2.92 bits per heavy atom. The van der Waals surface area contributed by atoms with Crippen molar-refractivity contribution in [1.82, 2.24) is 15.2 Å². The predicted octanol–water partition coefficient (Wildman–Crippen LogP) is 3.76. The molecule has 3 rings (SSSR count). The van der Waals surface area contributed by atoms with E-state index < -0.39 is 0 Å². The quantitative estimate of drug-likeness (QED) is 0.824. The SMILES string of the molecule is CN(C)c1nc(Cl)c(CN[C@@H]2CCCN(Cc3ccccc3F)C2)s1. The van der Waals surface area contributed by atoms with Crippen molar-refractivity contribution in [2.45, 2.75) is 32.0 Å². The Bertz CT molecular complexity index is 706. The highest BCUT2D eigenvalue weighted by molar-refractivity contribution is 7.16. The summed E-state index contributed by atoms with van der Waals surface area (Å²) in [5.74, 6) is -0.120. The van der Waals surface area contributed by atoms with Gasteiger partial charge in [0.2, 0.25) is 0 Å². The van der Waals surface area contributed by atoms with Gasteiger partial charge in [0, 0.05) is 45.3 Å². The monoisotopic (exact) mass is 382 g/mol. The molecule has 136 valence electrons. The second-order valence-corrected chi connectivity index (χ2v) is 8.07. The van der Waals surface area contributed by atoms with Crippen LogP contribution in [0.2, 0.25) is 5.15 Å². The van der Waals surface area contributed by atoms with Crippen molar-refractivity contribution in [2.24, 2.45) is 0 Å². The van der Waals surface area contributed by atoms with Gasteiger partial charge in [0.1, 0.15) is 11.0 Å². The Morgan fingerprint density at radius 2 is 2.20 bits per heavy atom. The zero-order chi connectivity index (χ0) is 17.8. The van der Waals surface area contributed by atoms with Crippen molar-refractivity contribution in [3.05, 3.63) is 45.7 Å². The molecule has 0 unspecified atom stereocenters. The van der Waals surface area contributed by atoms with Crippen molar-refractivity contribution < 1.29 is 4.39 Å². The van der Waals surface area contributed by atoms with Crippen LogP contribution < -0.4 is 10.2 Å². The van der Waals surface area contributed by atoms with E-state index in [2.05, 4.69) is 15.2 Å². The molecule has 1 aliphatic rings. The minimum absolute atomic E-state index is 0.120. The fourth-order valence-corrected chi connectivity index (χ4v) is 4.23.